The number of nitrogens with one attached hydrogen (secondary N) is 1. The van der Waals surface area contributed by atoms with E-state index in [4.69, 9.17) is 10.8 Å². The summed E-state index contributed by atoms with van der Waals surface area (Å²) in [5.74, 6) is -0.566. The number of aromatic nitrogens is 2. The van der Waals surface area contributed by atoms with E-state index in [0.717, 1.165) is 0 Å². The maximum Gasteiger partial charge on any atom is 0.414 e. The van der Waals surface area contributed by atoms with Crippen molar-refractivity contribution in [1.29, 1.82) is 0 Å². The highest BCUT2D eigenvalue weighted by atomic mass is 19.4. The lowest BCUT2D eigenvalue weighted by atomic mass is 10.3. The molecule has 0 saturated heterocycles. The fourth-order valence-electron chi connectivity index (χ4n) is 1.35. The van der Waals surface area contributed by atoms with Crippen molar-refractivity contribution >= 4 is 16.8 Å². The van der Waals surface area contributed by atoms with Crippen LogP contribution in [0.4, 0.5) is 13.2 Å². The number of aromatic amines is 1. The first-order valence-corrected chi connectivity index (χ1v) is 5.77. The average molecular weight is 305 g/mol. The molecular weight excluding hydrogens is 291 g/mol. The number of nitrogens with zero attached hydrogens (tertiary/aromatic N) is 1. The van der Waals surface area contributed by atoms with Gasteiger partial charge in [-0.3, -0.25) is 9.59 Å². The number of rotatable bonds is 1. The molecule has 0 aliphatic rings. The van der Waals surface area contributed by atoms with Crippen LogP contribution in [0.3, 0.4) is 0 Å². The van der Waals surface area contributed by atoms with Gasteiger partial charge in [0.2, 0.25) is 0 Å². The van der Waals surface area contributed by atoms with Gasteiger partial charge in [0.25, 0.3) is 11.5 Å². The minimum atomic E-state index is -4.44. The van der Waals surface area contributed by atoms with E-state index in [2.05, 4.69) is 4.98 Å². The predicted octanol–water partition coefficient (Wildman–Crippen LogP) is 0.895. The van der Waals surface area contributed by atoms with Crippen LogP contribution in [-0.4, -0.2) is 32.8 Å². The molecular formula is C12H14F3N3O3. The number of primary amides is 1. The topological polar surface area (TPSA) is 101 Å². The van der Waals surface area contributed by atoms with Crippen molar-refractivity contribution in [2.24, 2.45) is 12.8 Å². The zero-order chi connectivity index (χ0) is 16.4. The Morgan fingerprint density at radius 2 is 2.00 bits per heavy atom. The highest BCUT2D eigenvalue weighted by molar-refractivity contribution is 5.96. The molecule has 2 rings (SSSR count). The van der Waals surface area contributed by atoms with E-state index >= 15 is 0 Å². The number of carbonyl (C=O) groups excluding carboxylic acids is 1. The van der Waals surface area contributed by atoms with Crippen molar-refractivity contribution < 1.29 is 23.1 Å². The summed E-state index contributed by atoms with van der Waals surface area (Å²) in [4.78, 5) is 25.1. The molecule has 21 heavy (non-hydrogen) atoms. The van der Waals surface area contributed by atoms with E-state index in [1.807, 2.05) is 0 Å². The molecule has 2 aromatic rings. The van der Waals surface area contributed by atoms with Crippen LogP contribution in [0.15, 0.2) is 23.1 Å². The Morgan fingerprint density at radius 3 is 2.43 bits per heavy atom. The van der Waals surface area contributed by atoms with Gasteiger partial charge >= 0.3 is 6.18 Å². The van der Waals surface area contributed by atoms with Crippen molar-refractivity contribution in [3.63, 3.8) is 0 Å². The molecule has 2 aromatic heterocycles. The smallest absolute Gasteiger partial charge is 0.384 e. The molecule has 1 amide bonds. The van der Waals surface area contributed by atoms with Crippen molar-refractivity contribution in [3.05, 3.63) is 34.4 Å². The minimum absolute atomic E-state index is 0.171. The summed E-state index contributed by atoms with van der Waals surface area (Å²) in [6, 6.07) is 3.32. The van der Waals surface area contributed by atoms with Crippen LogP contribution in [-0.2, 0) is 7.05 Å². The summed E-state index contributed by atoms with van der Waals surface area (Å²) in [6.07, 6.45) is -5.00. The number of amides is 1. The summed E-state index contributed by atoms with van der Waals surface area (Å²) in [6.45, 7) is 0.681. The summed E-state index contributed by atoms with van der Waals surface area (Å²) >= 11 is 0. The van der Waals surface area contributed by atoms with Gasteiger partial charge in [0.15, 0.2) is 0 Å². The van der Waals surface area contributed by atoms with E-state index in [1.165, 1.54) is 4.57 Å². The molecule has 6 nitrogen and oxygen atoms in total. The summed E-state index contributed by atoms with van der Waals surface area (Å²) in [5.41, 5.74) is 5.57. The highest BCUT2D eigenvalue weighted by Gasteiger charge is 2.33. The zero-order valence-corrected chi connectivity index (χ0v) is 11.2. The van der Waals surface area contributed by atoms with E-state index in [0.29, 0.717) is 17.8 Å². The third-order valence-electron chi connectivity index (χ3n) is 2.60. The van der Waals surface area contributed by atoms with E-state index in [-0.39, 0.29) is 11.3 Å². The molecule has 0 bridgehead atoms. The van der Waals surface area contributed by atoms with Gasteiger partial charge in [-0.05, 0) is 19.1 Å². The molecule has 0 radical (unpaired) electrons. The average Bonchev–Trinajstić information content (AvgIpc) is 2.78. The lowest BCUT2D eigenvalue weighted by Gasteiger charge is -2.06. The maximum absolute atomic E-state index is 11.5. The summed E-state index contributed by atoms with van der Waals surface area (Å²) in [5, 5.41) is 8.46. The van der Waals surface area contributed by atoms with Crippen molar-refractivity contribution in [3.8, 4) is 0 Å². The summed E-state index contributed by atoms with van der Waals surface area (Å²) in [7, 11) is 1.65. The second-order valence-corrected chi connectivity index (χ2v) is 4.33. The molecule has 0 aromatic carbocycles. The minimum Gasteiger partial charge on any atom is -0.384 e. The van der Waals surface area contributed by atoms with Gasteiger partial charge in [0.05, 0.1) is 0 Å². The molecule has 1 unspecified atom stereocenters. The van der Waals surface area contributed by atoms with E-state index < -0.39 is 18.2 Å². The third-order valence-corrected chi connectivity index (χ3v) is 2.60. The molecule has 9 heteroatoms. The number of alkyl halides is 3. The Balaban J connectivity index is 0.000000270. The predicted molar refractivity (Wildman–Crippen MR) is 69.8 cm³/mol. The number of aryl methyl sites for hydroxylation is 1. The Hall–Kier alpha value is -2.29. The van der Waals surface area contributed by atoms with Gasteiger partial charge in [-0.25, -0.2) is 0 Å². The second-order valence-electron chi connectivity index (χ2n) is 4.33. The Bertz CT molecular complexity index is 701. The maximum atomic E-state index is 11.5. The largest absolute Gasteiger partial charge is 0.414 e. The van der Waals surface area contributed by atoms with Crippen LogP contribution in [0.1, 0.15) is 17.4 Å². The van der Waals surface area contributed by atoms with Crippen LogP contribution in [0, 0.1) is 0 Å². The Kier molecular flexibility index (Phi) is 4.79. The molecule has 0 aliphatic carbocycles. The molecule has 1 atom stereocenters. The van der Waals surface area contributed by atoms with Crippen LogP contribution in [0.25, 0.3) is 10.9 Å². The number of carbonyl (C=O) groups is 1. The number of H-pyrrole nitrogens is 1. The number of fused-ring (bicyclic) bond motifs is 1. The molecule has 0 aliphatic heterocycles. The molecule has 2 heterocycles. The molecule has 116 valence electrons. The molecule has 0 fully saturated rings. The number of nitrogens with two attached hydrogens (primary N) is 1. The normalized spacial score (nSPS) is 12.7. The van der Waals surface area contributed by atoms with E-state index in [1.54, 1.807) is 25.4 Å². The molecule has 0 spiro atoms. The second kappa shape index (κ2) is 6.00. The highest BCUT2D eigenvalue weighted by Crippen LogP contribution is 2.18. The van der Waals surface area contributed by atoms with Gasteiger partial charge in [-0.2, -0.15) is 13.2 Å². The number of hydrogen-bond donors (Lipinski definition) is 3. The Labute approximate surface area is 117 Å². The van der Waals surface area contributed by atoms with Gasteiger partial charge in [0, 0.05) is 18.6 Å². The SMILES string of the molecule is CC(O)C(F)(F)F.Cn1ccc2cc(C(N)=O)[nH]c2c1=O. The number of hydrogen-bond acceptors (Lipinski definition) is 3. The first-order valence-electron chi connectivity index (χ1n) is 5.77. The van der Waals surface area contributed by atoms with Gasteiger partial charge in [-0.15, -0.1) is 0 Å². The van der Waals surface area contributed by atoms with Gasteiger partial charge in [0.1, 0.15) is 17.3 Å². The first kappa shape index (κ1) is 16.8. The number of aliphatic hydroxyl groups is 1. The fraction of sp³-hybridized carbons (Fsp3) is 0.333. The lowest BCUT2D eigenvalue weighted by Crippen LogP contribution is -2.24. The number of halogens is 3. The molecule has 4 N–H and O–H groups in total. The van der Waals surface area contributed by atoms with E-state index in [9.17, 15) is 22.8 Å². The Morgan fingerprint density at radius 1 is 1.48 bits per heavy atom. The van der Waals surface area contributed by atoms with Crippen LogP contribution >= 0.6 is 0 Å². The first-order chi connectivity index (χ1) is 9.54. The quantitative estimate of drug-likeness (QED) is 0.729. The molecule has 0 saturated carbocycles. The summed E-state index contributed by atoms with van der Waals surface area (Å²) < 4.78 is 34.2. The van der Waals surface area contributed by atoms with Crippen LogP contribution in [0.2, 0.25) is 0 Å². The zero-order valence-electron chi connectivity index (χ0n) is 11.2. The number of aliphatic hydroxyl groups excluding tert-OH is 1. The van der Waals surface area contributed by atoms with Crippen molar-refractivity contribution in [2.75, 3.05) is 0 Å². The van der Waals surface area contributed by atoms with Crippen molar-refractivity contribution in [2.45, 2.75) is 19.2 Å². The van der Waals surface area contributed by atoms with Crippen molar-refractivity contribution in [1.82, 2.24) is 9.55 Å². The fourth-order valence-corrected chi connectivity index (χ4v) is 1.35. The monoisotopic (exact) mass is 305 g/mol. The van der Waals surface area contributed by atoms with Crippen LogP contribution in [0.5, 0.6) is 0 Å². The van der Waals surface area contributed by atoms with Gasteiger partial charge < -0.3 is 20.4 Å². The number of pyridine rings is 1. The van der Waals surface area contributed by atoms with Gasteiger partial charge in [-0.1, -0.05) is 0 Å². The third kappa shape index (κ3) is 4.09. The lowest BCUT2D eigenvalue weighted by molar-refractivity contribution is -0.197. The standard InChI is InChI=1S/C9H9N3O2.C3H5F3O/c1-12-3-2-5-4-6(8(10)13)11-7(5)9(12)14;1-2(7)3(4,5)6/h2-4,11H,1H3,(H2,10,13);2,7H,1H3. The van der Waals surface area contributed by atoms with Crippen LogP contribution < -0.4 is 11.3 Å².